The number of carbonyl (C=O) groups is 2. The van der Waals surface area contributed by atoms with Crippen LogP contribution in [0.2, 0.25) is 0 Å². The molecule has 0 unspecified atom stereocenters. The van der Waals surface area contributed by atoms with Gasteiger partial charge >= 0.3 is 0 Å². The summed E-state index contributed by atoms with van der Waals surface area (Å²) in [7, 11) is 1.91. The molecule has 4 rings (SSSR count). The molecule has 3 aromatic rings. The van der Waals surface area contributed by atoms with Crippen molar-refractivity contribution in [3.05, 3.63) is 95.1 Å². The van der Waals surface area contributed by atoms with Gasteiger partial charge in [0.2, 0.25) is 5.91 Å². The normalized spacial score (nSPS) is 14.1. The van der Waals surface area contributed by atoms with Gasteiger partial charge in [0.15, 0.2) is 0 Å². The Morgan fingerprint density at radius 2 is 1.51 bits per heavy atom. The van der Waals surface area contributed by atoms with Crippen LogP contribution in [-0.2, 0) is 23.2 Å². The Morgan fingerprint density at radius 1 is 0.886 bits per heavy atom. The fourth-order valence-electron chi connectivity index (χ4n) is 4.73. The highest BCUT2D eigenvalue weighted by molar-refractivity contribution is 7.99. The van der Waals surface area contributed by atoms with E-state index in [1.165, 1.54) is 10.5 Å². The minimum Gasteiger partial charge on any atom is -0.332 e. The first-order chi connectivity index (χ1) is 16.9. The first-order valence-corrected chi connectivity index (χ1v) is 13.4. The monoisotopic (exact) mass is 486 g/mol. The van der Waals surface area contributed by atoms with Crippen molar-refractivity contribution < 1.29 is 9.59 Å². The minimum absolute atomic E-state index is 0.0326. The summed E-state index contributed by atoms with van der Waals surface area (Å²) in [5.74, 6) is 1.05. The molecule has 0 saturated heterocycles. The number of anilines is 1. The van der Waals surface area contributed by atoms with E-state index in [0.29, 0.717) is 6.42 Å². The number of hydrogen-bond donors (Lipinski definition) is 1. The lowest BCUT2D eigenvalue weighted by atomic mass is 9.70. The zero-order valence-electron chi connectivity index (χ0n) is 20.8. The van der Waals surface area contributed by atoms with Crippen molar-refractivity contribution >= 4 is 29.3 Å². The van der Waals surface area contributed by atoms with E-state index in [-0.39, 0.29) is 17.4 Å². The van der Waals surface area contributed by atoms with Crippen LogP contribution in [-0.4, -0.2) is 29.5 Å². The predicted octanol–water partition coefficient (Wildman–Crippen LogP) is 6.69. The van der Waals surface area contributed by atoms with Crippen LogP contribution in [0, 0.1) is 0 Å². The van der Waals surface area contributed by atoms with E-state index < -0.39 is 0 Å². The van der Waals surface area contributed by atoms with Crippen molar-refractivity contribution in [1.82, 2.24) is 4.90 Å². The maximum Gasteiger partial charge on any atom is 0.254 e. The number of aryl methyl sites for hydroxylation is 1. The first kappa shape index (κ1) is 25.1. The number of carbonyl (C=O) groups excluding carboxylic acids is 2. The topological polar surface area (TPSA) is 49.4 Å². The number of amides is 2. The van der Waals surface area contributed by atoms with Crippen molar-refractivity contribution in [2.45, 2.75) is 56.4 Å². The summed E-state index contributed by atoms with van der Waals surface area (Å²) in [6.07, 6.45) is 4.29. The minimum atomic E-state index is -0.290. The highest BCUT2D eigenvalue weighted by atomic mass is 32.2. The summed E-state index contributed by atoms with van der Waals surface area (Å²) >= 11 is 1.79. The van der Waals surface area contributed by atoms with E-state index in [2.05, 4.69) is 43.4 Å². The van der Waals surface area contributed by atoms with Crippen LogP contribution in [0.15, 0.2) is 77.7 Å². The van der Waals surface area contributed by atoms with Crippen molar-refractivity contribution in [3.63, 3.8) is 0 Å². The third kappa shape index (κ3) is 5.62. The molecule has 1 N–H and O–H groups in total. The van der Waals surface area contributed by atoms with Crippen LogP contribution in [0.25, 0.3) is 0 Å². The SMILES string of the molecule is CCSc1ccc(CC(=O)Nc2ccc(C3(N(C)C(=O)c4ccc(CC)cc4)CCC3)cc2)cc1. The van der Waals surface area contributed by atoms with Gasteiger partial charge in [0.1, 0.15) is 0 Å². The van der Waals surface area contributed by atoms with E-state index >= 15 is 0 Å². The van der Waals surface area contributed by atoms with Crippen molar-refractivity contribution in [3.8, 4) is 0 Å². The van der Waals surface area contributed by atoms with Gasteiger partial charge in [-0.1, -0.05) is 50.2 Å². The van der Waals surface area contributed by atoms with Crippen LogP contribution < -0.4 is 5.32 Å². The lowest BCUT2D eigenvalue weighted by Gasteiger charge is -2.49. The molecule has 1 saturated carbocycles. The first-order valence-electron chi connectivity index (χ1n) is 12.4. The molecule has 0 spiro atoms. The number of rotatable bonds is 9. The maximum atomic E-state index is 13.3. The summed E-state index contributed by atoms with van der Waals surface area (Å²) in [5.41, 5.74) is 4.55. The quantitative estimate of drug-likeness (QED) is 0.343. The highest BCUT2D eigenvalue weighted by Crippen LogP contribution is 2.46. The molecule has 0 aliphatic heterocycles. The summed E-state index contributed by atoms with van der Waals surface area (Å²) in [6.45, 7) is 4.24. The summed E-state index contributed by atoms with van der Waals surface area (Å²) in [4.78, 5) is 29.0. The molecule has 0 radical (unpaired) electrons. The predicted molar refractivity (Wildman–Crippen MR) is 145 cm³/mol. The molecule has 4 nitrogen and oxygen atoms in total. The number of hydrogen-bond acceptors (Lipinski definition) is 3. The Labute approximate surface area is 213 Å². The number of nitrogens with zero attached hydrogens (tertiary/aromatic N) is 1. The molecular weight excluding hydrogens is 452 g/mol. The Kier molecular flexibility index (Phi) is 7.97. The van der Waals surface area contributed by atoms with Crippen LogP contribution in [0.3, 0.4) is 0 Å². The second-order valence-electron chi connectivity index (χ2n) is 9.18. The summed E-state index contributed by atoms with van der Waals surface area (Å²) in [5, 5.41) is 3.01. The Balaban J connectivity index is 1.41. The number of thioether (sulfide) groups is 1. The standard InChI is InChI=1S/C30H34N2O2S/c1-4-22-7-11-24(12-8-22)29(34)32(3)30(19-6-20-30)25-13-15-26(16-14-25)31-28(33)21-23-9-17-27(18-10-23)35-5-2/h7-18H,4-6,19-21H2,1-3H3,(H,31,33). The average Bonchev–Trinajstić information content (AvgIpc) is 2.85. The molecular formula is C30H34N2O2S. The molecule has 35 heavy (non-hydrogen) atoms. The van der Waals surface area contributed by atoms with E-state index in [9.17, 15) is 9.59 Å². The van der Waals surface area contributed by atoms with E-state index in [1.807, 2.05) is 60.5 Å². The number of benzene rings is 3. The van der Waals surface area contributed by atoms with E-state index in [1.54, 1.807) is 11.8 Å². The Bertz CT molecular complexity index is 1150. The zero-order valence-corrected chi connectivity index (χ0v) is 21.7. The average molecular weight is 487 g/mol. The van der Waals surface area contributed by atoms with Gasteiger partial charge in [-0.15, -0.1) is 11.8 Å². The fourth-order valence-corrected chi connectivity index (χ4v) is 5.39. The van der Waals surface area contributed by atoms with Crippen LogP contribution in [0.5, 0.6) is 0 Å². The molecule has 0 aromatic heterocycles. The highest BCUT2D eigenvalue weighted by Gasteiger charge is 2.44. The molecule has 0 atom stereocenters. The lowest BCUT2D eigenvalue weighted by molar-refractivity contribution is -0.115. The molecule has 5 heteroatoms. The van der Waals surface area contributed by atoms with Gasteiger partial charge in [-0.05, 0) is 84.5 Å². The maximum absolute atomic E-state index is 13.3. The zero-order chi connectivity index (χ0) is 24.8. The third-order valence-electron chi connectivity index (χ3n) is 7.04. The van der Waals surface area contributed by atoms with Gasteiger partial charge in [0.25, 0.3) is 5.91 Å². The van der Waals surface area contributed by atoms with Gasteiger partial charge < -0.3 is 10.2 Å². The molecule has 0 bridgehead atoms. The second-order valence-corrected chi connectivity index (χ2v) is 10.5. The van der Waals surface area contributed by atoms with Crippen LogP contribution in [0.1, 0.15) is 60.2 Å². The van der Waals surface area contributed by atoms with Crippen molar-refractivity contribution in [1.29, 1.82) is 0 Å². The van der Waals surface area contributed by atoms with Crippen LogP contribution >= 0.6 is 11.8 Å². The Morgan fingerprint density at radius 3 is 2.06 bits per heavy atom. The van der Waals surface area contributed by atoms with Gasteiger partial charge in [-0.25, -0.2) is 0 Å². The third-order valence-corrected chi connectivity index (χ3v) is 7.94. The van der Waals surface area contributed by atoms with Gasteiger partial charge in [0.05, 0.1) is 12.0 Å². The molecule has 3 aromatic carbocycles. The van der Waals surface area contributed by atoms with Gasteiger partial charge in [-0.2, -0.15) is 0 Å². The fraction of sp³-hybridized carbons (Fsp3) is 0.333. The molecule has 2 amide bonds. The molecule has 1 aliphatic rings. The van der Waals surface area contributed by atoms with Gasteiger partial charge in [-0.3, -0.25) is 9.59 Å². The second kappa shape index (κ2) is 11.1. The largest absolute Gasteiger partial charge is 0.332 e. The van der Waals surface area contributed by atoms with Crippen molar-refractivity contribution in [2.24, 2.45) is 0 Å². The summed E-state index contributed by atoms with van der Waals surface area (Å²) in [6, 6.07) is 24.1. The molecule has 182 valence electrons. The van der Waals surface area contributed by atoms with Gasteiger partial charge in [0, 0.05) is 23.2 Å². The number of nitrogens with one attached hydrogen (secondary N) is 1. The van der Waals surface area contributed by atoms with E-state index in [0.717, 1.165) is 53.8 Å². The lowest BCUT2D eigenvalue weighted by Crippen LogP contribution is -2.51. The van der Waals surface area contributed by atoms with Crippen molar-refractivity contribution in [2.75, 3.05) is 18.1 Å². The van der Waals surface area contributed by atoms with E-state index in [4.69, 9.17) is 0 Å². The molecule has 1 aliphatic carbocycles. The smallest absolute Gasteiger partial charge is 0.254 e. The van der Waals surface area contributed by atoms with Crippen LogP contribution in [0.4, 0.5) is 5.69 Å². The molecule has 0 heterocycles. The Hall–Kier alpha value is -3.05. The molecule has 1 fully saturated rings. The summed E-state index contributed by atoms with van der Waals surface area (Å²) < 4.78 is 0.